The Labute approximate surface area is 146 Å². The first-order chi connectivity index (χ1) is 11.5. The fourth-order valence-corrected chi connectivity index (χ4v) is 2.50. The van der Waals surface area contributed by atoms with Crippen molar-refractivity contribution in [1.29, 1.82) is 0 Å². The van der Waals surface area contributed by atoms with Crippen LogP contribution in [0.25, 0.3) is 0 Å². The Morgan fingerprint density at radius 2 is 1.54 bits per heavy atom. The Hall–Kier alpha value is -2.00. The summed E-state index contributed by atoms with van der Waals surface area (Å²) in [4.78, 5) is 0. The van der Waals surface area contributed by atoms with Crippen LogP contribution in [0, 0.1) is 0 Å². The molecule has 0 radical (unpaired) electrons. The van der Waals surface area contributed by atoms with E-state index >= 15 is 0 Å². The van der Waals surface area contributed by atoms with Gasteiger partial charge in [-0.25, -0.2) is 0 Å². The molecule has 2 aromatic rings. The minimum absolute atomic E-state index is 0.0693. The van der Waals surface area contributed by atoms with Gasteiger partial charge in [-0.1, -0.05) is 58.0 Å². The van der Waals surface area contributed by atoms with E-state index in [0.717, 1.165) is 24.6 Å². The average molecular weight is 327 g/mol. The molecule has 0 unspecified atom stereocenters. The molecule has 0 saturated heterocycles. The van der Waals surface area contributed by atoms with Gasteiger partial charge in [-0.2, -0.15) is 0 Å². The quantitative estimate of drug-likeness (QED) is 0.722. The van der Waals surface area contributed by atoms with Gasteiger partial charge in [0.1, 0.15) is 24.7 Å². The summed E-state index contributed by atoms with van der Waals surface area (Å²) in [6.45, 7) is 11.6. The Morgan fingerprint density at radius 3 is 2.21 bits per heavy atom. The predicted molar refractivity (Wildman–Crippen MR) is 100.0 cm³/mol. The second kappa shape index (κ2) is 8.74. The molecule has 2 rings (SSSR count). The third-order valence-corrected chi connectivity index (χ3v) is 3.81. The molecule has 0 fully saturated rings. The average Bonchev–Trinajstić information content (AvgIpc) is 2.57. The molecular formula is C21H29NO2. The maximum absolute atomic E-state index is 5.93. The normalized spacial score (nSPS) is 11.3. The van der Waals surface area contributed by atoms with E-state index in [1.165, 1.54) is 11.1 Å². The van der Waals surface area contributed by atoms with Crippen LogP contribution in [0.15, 0.2) is 48.5 Å². The van der Waals surface area contributed by atoms with Crippen LogP contribution in [0.1, 0.15) is 38.8 Å². The van der Waals surface area contributed by atoms with Crippen LogP contribution >= 0.6 is 0 Å². The minimum atomic E-state index is 0.0693. The fraction of sp³-hybridized carbons (Fsp3) is 0.429. The summed E-state index contributed by atoms with van der Waals surface area (Å²) >= 11 is 0. The second-order valence-corrected chi connectivity index (χ2v) is 6.87. The van der Waals surface area contributed by atoms with Crippen LogP contribution in [-0.4, -0.2) is 19.8 Å². The molecule has 0 heterocycles. The SMILES string of the molecule is CCNCc1ccc(OCCOc2ccccc2C(C)(C)C)cc1. The topological polar surface area (TPSA) is 30.5 Å². The van der Waals surface area contributed by atoms with Crippen LogP contribution < -0.4 is 14.8 Å². The highest BCUT2D eigenvalue weighted by Crippen LogP contribution is 2.30. The molecule has 0 aliphatic carbocycles. The third kappa shape index (κ3) is 5.57. The van der Waals surface area contributed by atoms with Gasteiger partial charge in [0.05, 0.1) is 0 Å². The van der Waals surface area contributed by atoms with E-state index in [0.29, 0.717) is 13.2 Å². The maximum Gasteiger partial charge on any atom is 0.123 e. The Kier molecular flexibility index (Phi) is 6.68. The van der Waals surface area contributed by atoms with Crippen molar-refractivity contribution in [1.82, 2.24) is 5.32 Å². The first-order valence-corrected chi connectivity index (χ1v) is 8.65. The highest BCUT2D eigenvalue weighted by molar-refractivity contribution is 5.38. The summed E-state index contributed by atoms with van der Waals surface area (Å²) in [6, 6.07) is 16.4. The molecular weight excluding hydrogens is 298 g/mol. The zero-order valence-corrected chi connectivity index (χ0v) is 15.3. The Balaban J connectivity index is 1.81. The molecule has 1 N–H and O–H groups in total. The van der Waals surface area contributed by atoms with Crippen molar-refractivity contribution in [3.8, 4) is 11.5 Å². The summed E-state index contributed by atoms with van der Waals surface area (Å²) in [5.41, 5.74) is 2.55. The summed E-state index contributed by atoms with van der Waals surface area (Å²) in [6.07, 6.45) is 0. The predicted octanol–water partition coefficient (Wildman–Crippen LogP) is 4.55. The number of hydrogen-bond donors (Lipinski definition) is 1. The van der Waals surface area contributed by atoms with Crippen molar-refractivity contribution < 1.29 is 9.47 Å². The van der Waals surface area contributed by atoms with Crippen molar-refractivity contribution in [2.24, 2.45) is 0 Å². The molecule has 0 amide bonds. The lowest BCUT2D eigenvalue weighted by Gasteiger charge is -2.22. The number of nitrogens with one attached hydrogen (secondary N) is 1. The Bertz CT molecular complexity index is 614. The van der Waals surface area contributed by atoms with E-state index in [1.807, 2.05) is 24.3 Å². The largest absolute Gasteiger partial charge is 0.490 e. The number of para-hydroxylation sites is 1. The second-order valence-electron chi connectivity index (χ2n) is 6.87. The summed E-state index contributed by atoms with van der Waals surface area (Å²) in [5.74, 6) is 1.82. The summed E-state index contributed by atoms with van der Waals surface area (Å²) < 4.78 is 11.7. The van der Waals surface area contributed by atoms with Gasteiger partial charge in [-0.05, 0) is 41.3 Å². The zero-order valence-electron chi connectivity index (χ0n) is 15.3. The van der Waals surface area contributed by atoms with E-state index in [9.17, 15) is 0 Å². The van der Waals surface area contributed by atoms with Gasteiger partial charge in [0.15, 0.2) is 0 Å². The summed E-state index contributed by atoms with van der Waals surface area (Å²) in [5, 5.41) is 3.31. The first kappa shape index (κ1) is 18.3. The van der Waals surface area contributed by atoms with Crippen LogP contribution in [0.5, 0.6) is 11.5 Å². The van der Waals surface area contributed by atoms with Gasteiger partial charge in [-0.15, -0.1) is 0 Å². The number of ether oxygens (including phenoxy) is 2. The highest BCUT2D eigenvalue weighted by atomic mass is 16.5. The van der Waals surface area contributed by atoms with Crippen LogP contribution in [0.3, 0.4) is 0 Å². The Morgan fingerprint density at radius 1 is 0.875 bits per heavy atom. The van der Waals surface area contributed by atoms with Crippen LogP contribution in [-0.2, 0) is 12.0 Å². The molecule has 0 aliphatic rings. The standard InChI is InChI=1S/C21H29NO2/c1-5-22-16-17-10-12-18(13-11-17)23-14-15-24-20-9-7-6-8-19(20)21(2,3)4/h6-13,22H,5,14-16H2,1-4H3. The molecule has 0 aromatic heterocycles. The zero-order chi connectivity index (χ0) is 17.4. The number of hydrogen-bond acceptors (Lipinski definition) is 3. The molecule has 0 atom stereocenters. The van der Waals surface area contributed by atoms with Gasteiger partial charge < -0.3 is 14.8 Å². The van der Waals surface area contributed by atoms with E-state index < -0.39 is 0 Å². The smallest absolute Gasteiger partial charge is 0.123 e. The van der Waals surface area contributed by atoms with E-state index in [-0.39, 0.29) is 5.41 Å². The van der Waals surface area contributed by atoms with Crippen molar-refractivity contribution in [3.63, 3.8) is 0 Å². The summed E-state index contributed by atoms with van der Waals surface area (Å²) in [7, 11) is 0. The van der Waals surface area contributed by atoms with E-state index in [2.05, 4.69) is 57.3 Å². The van der Waals surface area contributed by atoms with Gasteiger partial charge >= 0.3 is 0 Å². The third-order valence-electron chi connectivity index (χ3n) is 3.81. The van der Waals surface area contributed by atoms with Crippen LogP contribution in [0.4, 0.5) is 0 Å². The molecule has 0 bridgehead atoms. The van der Waals surface area contributed by atoms with E-state index in [4.69, 9.17) is 9.47 Å². The molecule has 3 heteroatoms. The molecule has 130 valence electrons. The van der Waals surface area contributed by atoms with Crippen molar-refractivity contribution >= 4 is 0 Å². The minimum Gasteiger partial charge on any atom is -0.490 e. The van der Waals surface area contributed by atoms with E-state index in [1.54, 1.807) is 0 Å². The lowest BCUT2D eigenvalue weighted by Crippen LogP contribution is -2.15. The number of benzene rings is 2. The highest BCUT2D eigenvalue weighted by Gasteiger charge is 2.18. The molecule has 0 spiro atoms. The maximum atomic E-state index is 5.93. The monoisotopic (exact) mass is 327 g/mol. The van der Waals surface area contributed by atoms with Crippen molar-refractivity contribution in [3.05, 3.63) is 59.7 Å². The molecule has 0 saturated carbocycles. The lowest BCUT2D eigenvalue weighted by molar-refractivity contribution is 0.214. The van der Waals surface area contributed by atoms with Gasteiger partial charge in [0, 0.05) is 6.54 Å². The molecule has 2 aromatic carbocycles. The molecule has 3 nitrogen and oxygen atoms in total. The van der Waals surface area contributed by atoms with Gasteiger partial charge in [-0.3, -0.25) is 0 Å². The molecule has 24 heavy (non-hydrogen) atoms. The lowest BCUT2D eigenvalue weighted by atomic mass is 9.86. The van der Waals surface area contributed by atoms with Gasteiger partial charge in [0.2, 0.25) is 0 Å². The van der Waals surface area contributed by atoms with Crippen LogP contribution in [0.2, 0.25) is 0 Å². The van der Waals surface area contributed by atoms with Gasteiger partial charge in [0.25, 0.3) is 0 Å². The number of rotatable bonds is 8. The first-order valence-electron chi connectivity index (χ1n) is 8.65. The molecule has 0 aliphatic heterocycles. The fourth-order valence-electron chi connectivity index (χ4n) is 2.50. The van der Waals surface area contributed by atoms with Crippen molar-refractivity contribution in [2.45, 2.75) is 39.7 Å². The van der Waals surface area contributed by atoms with Crippen molar-refractivity contribution in [2.75, 3.05) is 19.8 Å².